The van der Waals surface area contributed by atoms with Crippen LogP contribution in [0.15, 0.2) is 35.7 Å². The van der Waals surface area contributed by atoms with Gasteiger partial charge in [0.1, 0.15) is 28.7 Å². The number of allylic oxidation sites excluding steroid dienone is 1. The van der Waals surface area contributed by atoms with Crippen LogP contribution in [0.1, 0.15) is 88.4 Å². The van der Waals surface area contributed by atoms with Crippen LogP contribution >= 0.6 is 11.3 Å². The van der Waals surface area contributed by atoms with Gasteiger partial charge >= 0.3 is 5.97 Å². The molecule has 4 fully saturated rings. The van der Waals surface area contributed by atoms with Crippen molar-refractivity contribution < 1.29 is 46.6 Å². The number of phenols is 1. The molecule has 0 radical (unpaired) electrons. The number of phenolic OH excluding ortho intramolecular Hbond substituents is 1. The molecule has 302 valence electrons. The number of fused-ring (bicyclic) bond motifs is 4. The molecule has 14 nitrogen and oxygen atoms in total. The van der Waals surface area contributed by atoms with Crippen molar-refractivity contribution in [3.05, 3.63) is 46.6 Å². The molecule has 3 aliphatic heterocycles. The highest BCUT2D eigenvalue weighted by Gasteiger charge is 2.63. The molecular formula is C39H48FN5O9S2. The van der Waals surface area contributed by atoms with Crippen molar-refractivity contribution in [2.45, 2.75) is 101 Å². The van der Waals surface area contributed by atoms with Crippen LogP contribution in [0.4, 0.5) is 4.39 Å². The number of esters is 1. The lowest BCUT2D eigenvalue weighted by Gasteiger charge is -2.32. The van der Waals surface area contributed by atoms with E-state index in [1.165, 1.54) is 17.0 Å². The Hall–Kier alpha value is -4.38. The summed E-state index contributed by atoms with van der Waals surface area (Å²) in [5.74, 6) is -5.89. The summed E-state index contributed by atoms with van der Waals surface area (Å²) in [4.78, 5) is 77.4. The van der Waals surface area contributed by atoms with Gasteiger partial charge in [-0.05, 0) is 71.4 Å². The van der Waals surface area contributed by atoms with E-state index in [1.807, 2.05) is 12.2 Å². The summed E-state index contributed by atoms with van der Waals surface area (Å²) in [6.45, 7) is 5.61. The van der Waals surface area contributed by atoms with E-state index in [2.05, 4.69) is 15.0 Å². The quantitative estimate of drug-likeness (QED) is 0.273. The predicted octanol–water partition coefficient (Wildman–Crippen LogP) is 3.91. The standard InChI is InChI=1S/C39H48FN5O9S2/c1-38(2,3)54-31(47)15-22-9-7-5-4-6-8-10-24-17-39(24,37(51)43-56(52,53)26-12-13-26)42-33(48)32-28-20-44(18-23(28)19-45(32)35(22)49)36(50)34-41-30(21-55-34)27-14-11-25(46)16-29(27)40/h8,10-11,14,16,21-24,26,28,32,46H,4-7,9,12-13,15,17-20H2,1-3H3,(H,42,48)(H,43,51)/b10-8-/t22-,23+,24-,28+,32+,39-/m1/s1. The summed E-state index contributed by atoms with van der Waals surface area (Å²) >= 11 is 1.03. The second kappa shape index (κ2) is 15.2. The molecule has 2 aromatic rings. The molecule has 2 saturated carbocycles. The zero-order valence-electron chi connectivity index (χ0n) is 31.7. The Morgan fingerprint density at radius 2 is 1.88 bits per heavy atom. The number of carbonyl (C=O) groups is 5. The first-order valence-electron chi connectivity index (χ1n) is 19.3. The number of aromatic hydroxyl groups is 1. The fourth-order valence-electron chi connectivity index (χ4n) is 8.30. The maximum absolute atomic E-state index is 14.6. The number of halogens is 1. The number of sulfonamides is 1. The van der Waals surface area contributed by atoms with E-state index in [0.29, 0.717) is 32.1 Å². The van der Waals surface area contributed by atoms with Crippen LogP contribution in [0.25, 0.3) is 11.3 Å². The first-order chi connectivity index (χ1) is 26.5. The van der Waals surface area contributed by atoms with Crippen molar-refractivity contribution in [2.75, 3.05) is 19.6 Å². The summed E-state index contributed by atoms with van der Waals surface area (Å²) < 4.78 is 48.2. The Balaban J connectivity index is 1.17. The van der Waals surface area contributed by atoms with Crippen molar-refractivity contribution in [3.63, 3.8) is 0 Å². The van der Waals surface area contributed by atoms with E-state index in [1.54, 1.807) is 31.1 Å². The number of aromatic nitrogens is 1. The van der Waals surface area contributed by atoms with E-state index in [0.717, 1.165) is 30.2 Å². The number of hydrogen-bond donors (Lipinski definition) is 3. The molecule has 2 aliphatic carbocycles. The minimum Gasteiger partial charge on any atom is -0.508 e. The Bertz CT molecular complexity index is 2060. The molecule has 5 aliphatic rings. The van der Waals surface area contributed by atoms with Gasteiger partial charge in [0.25, 0.3) is 11.8 Å². The molecule has 2 saturated heterocycles. The predicted molar refractivity (Wildman–Crippen MR) is 203 cm³/mol. The third-order valence-corrected chi connectivity index (χ3v) is 14.0. The highest BCUT2D eigenvalue weighted by atomic mass is 32.2. The summed E-state index contributed by atoms with van der Waals surface area (Å²) in [5, 5.41) is 13.5. The maximum Gasteiger partial charge on any atom is 0.307 e. The normalized spacial score (nSPS) is 28.9. The van der Waals surface area contributed by atoms with Gasteiger partial charge in [-0.1, -0.05) is 25.0 Å². The number of amides is 4. The van der Waals surface area contributed by atoms with E-state index in [-0.39, 0.29) is 66.3 Å². The first kappa shape index (κ1) is 39.8. The second-order valence-corrected chi connectivity index (χ2v) is 19.6. The molecular weight excluding hydrogens is 766 g/mol. The van der Waals surface area contributed by atoms with E-state index >= 15 is 0 Å². The van der Waals surface area contributed by atoms with Gasteiger partial charge in [-0.15, -0.1) is 11.3 Å². The fourth-order valence-corrected chi connectivity index (χ4v) is 10.4. The topological polar surface area (TPSA) is 192 Å². The van der Waals surface area contributed by atoms with Gasteiger partial charge in [0.15, 0.2) is 5.01 Å². The molecule has 56 heavy (non-hydrogen) atoms. The molecule has 4 heterocycles. The average molecular weight is 814 g/mol. The number of thiazole rings is 1. The van der Waals surface area contributed by atoms with Gasteiger partial charge in [-0.3, -0.25) is 28.7 Å². The molecule has 0 spiro atoms. The molecule has 0 bridgehead atoms. The Labute approximate surface area is 329 Å². The lowest BCUT2D eigenvalue weighted by atomic mass is 9.92. The van der Waals surface area contributed by atoms with Crippen LogP contribution in [0, 0.1) is 29.5 Å². The molecule has 7 rings (SSSR count). The van der Waals surface area contributed by atoms with Gasteiger partial charge in [0.2, 0.25) is 21.8 Å². The third kappa shape index (κ3) is 8.34. The molecule has 1 aromatic carbocycles. The minimum atomic E-state index is -3.93. The minimum absolute atomic E-state index is 0.0726. The van der Waals surface area contributed by atoms with Crippen molar-refractivity contribution in [1.29, 1.82) is 0 Å². The Morgan fingerprint density at radius 3 is 2.59 bits per heavy atom. The highest BCUT2D eigenvalue weighted by Crippen LogP contribution is 2.47. The van der Waals surface area contributed by atoms with E-state index in [9.17, 15) is 41.9 Å². The zero-order chi connectivity index (χ0) is 40.2. The van der Waals surface area contributed by atoms with E-state index < -0.39 is 79.7 Å². The summed E-state index contributed by atoms with van der Waals surface area (Å²) in [5.41, 5.74) is -1.97. The number of nitrogens with one attached hydrogen (secondary N) is 2. The van der Waals surface area contributed by atoms with Crippen molar-refractivity contribution >= 4 is 51.0 Å². The van der Waals surface area contributed by atoms with Gasteiger partial charge in [0, 0.05) is 60.3 Å². The number of nitrogens with zero attached hydrogens (tertiary/aromatic N) is 3. The zero-order valence-corrected chi connectivity index (χ0v) is 33.3. The largest absolute Gasteiger partial charge is 0.508 e. The number of hydrogen-bond acceptors (Lipinski definition) is 11. The summed E-state index contributed by atoms with van der Waals surface area (Å²) in [6, 6.07) is 2.52. The highest BCUT2D eigenvalue weighted by molar-refractivity contribution is 7.91. The molecule has 4 amide bonds. The number of benzene rings is 1. The van der Waals surface area contributed by atoms with Crippen LogP contribution in [-0.2, 0) is 33.9 Å². The van der Waals surface area contributed by atoms with Crippen LogP contribution < -0.4 is 10.0 Å². The summed E-state index contributed by atoms with van der Waals surface area (Å²) in [6.07, 6.45) is 7.98. The number of carbonyl (C=O) groups excluding carboxylic acids is 5. The smallest absolute Gasteiger partial charge is 0.307 e. The number of rotatable bonds is 7. The fraction of sp³-hybridized carbons (Fsp3) is 0.590. The third-order valence-electron chi connectivity index (χ3n) is 11.4. The van der Waals surface area contributed by atoms with Gasteiger partial charge in [-0.25, -0.2) is 17.8 Å². The molecule has 17 heteroatoms. The molecule has 6 atom stereocenters. The van der Waals surface area contributed by atoms with Crippen molar-refractivity contribution in [2.24, 2.45) is 23.7 Å². The van der Waals surface area contributed by atoms with Crippen molar-refractivity contribution in [3.8, 4) is 17.0 Å². The van der Waals surface area contributed by atoms with Gasteiger partial charge in [-0.2, -0.15) is 0 Å². The monoisotopic (exact) mass is 813 g/mol. The van der Waals surface area contributed by atoms with Gasteiger partial charge in [0.05, 0.1) is 17.4 Å². The van der Waals surface area contributed by atoms with Crippen LogP contribution in [0.3, 0.4) is 0 Å². The second-order valence-electron chi connectivity index (χ2n) is 16.8. The molecule has 0 unspecified atom stereocenters. The summed E-state index contributed by atoms with van der Waals surface area (Å²) in [7, 11) is -3.93. The number of likely N-dealkylation sites (tertiary alicyclic amines) is 1. The maximum atomic E-state index is 14.6. The lowest BCUT2D eigenvalue weighted by molar-refractivity contribution is -0.159. The Kier molecular flexibility index (Phi) is 10.8. The van der Waals surface area contributed by atoms with E-state index in [4.69, 9.17) is 4.74 Å². The lowest BCUT2D eigenvalue weighted by Crippen LogP contribution is -2.58. The number of ether oxygens (including phenoxy) is 1. The molecule has 3 N–H and O–H groups in total. The Morgan fingerprint density at radius 1 is 1.11 bits per heavy atom. The average Bonchev–Trinajstić information content (AvgIpc) is 3.94. The van der Waals surface area contributed by atoms with Crippen LogP contribution in [-0.4, -0.2) is 100.0 Å². The first-order valence-corrected chi connectivity index (χ1v) is 21.7. The van der Waals surface area contributed by atoms with Crippen molar-refractivity contribution in [1.82, 2.24) is 24.8 Å². The van der Waals surface area contributed by atoms with Crippen LogP contribution in [0.5, 0.6) is 5.75 Å². The SMILES string of the molecule is CC(C)(C)OC(=O)C[C@H]1CCCCC/C=C\[C@@H]2C[C@@]2(C(=O)NS(=O)(=O)C2CC2)NC(=O)[C@@H]2[C@H]3CN(C(=O)c4nc(-c5ccc(O)cc5F)cs4)C[C@H]3CN2C1=O. The van der Waals surface area contributed by atoms with Crippen LogP contribution in [0.2, 0.25) is 0 Å². The van der Waals surface area contributed by atoms with Gasteiger partial charge < -0.3 is 25.0 Å². The molecule has 1 aromatic heterocycles.